The van der Waals surface area contributed by atoms with E-state index in [1.165, 1.54) is 0 Å². The van der Waals surface area contributed by atoms with Crippen LogP contribution >= 0.6 is 15.9 Å². The molecular formula is C12H15BrO2. The molecule has 2 nitrogen and oxygen atoms in total. The summed E-state index contributed by atoms with van der Waals surface area (Å²) < 4.78 is 10.6. The number of alkyl halides is 1. The Bertz CT molecular complexity index is 347. The van der Waals surface area contributed by atoms with Crippen molar-refractivity contribution in [3.05, 3.63) is 29.8 Å². The fourth-order valence-electron chi connectivity index (χ4n) is 1.37. The third-order valence-electron chi connectivity index (χ3n) is 2.32. The summed E-state index contributed by atoms with van der Waals surface area (Å²) in [5.74, 6) is 1.65. The number of allylic oxidation sites excluding steroid dienone is 1. The maximum Gasteiger partial charge on any atom is 0.126 e. The van der Waals surface area contributed by atoms with E-state index in [2.05, 4.69) is 22.5 Å². The van der Waals surface area contributed by atoms with Gasteiger partial charge in [0, 0.05) is 10.9 Å². The lowest BCUT2D eigenvalue weighted by Gasteiger charge is -2.13. The van der Waals surface area contributed by atoms with E-state index in [0.717, 1.165) is 33.5 Å². The maximum absolute atomic E-state index is 5.29. The summed E-state index contributed by atoms with van der Waals surface area (Å²) in [6.07, 6.45) is 0. The molecule has 0 amide bonds. The first-order chi connectivity index (χ1) is 7.13. The molecule has 0 heterocycles. The lowest BCUT2D eigenvalue weighted by molar-refractivity contribution is 0.388. The molecule has 0 aliphatic heterocycles. The summed E-state index contributed by atoms with van der Waals surface area (Å²) >= 11 is 3.38. The Hall–Kier alpha value is -0.960. The van der Waals surface area contributed by atoms with Crippen LogP contribution in [0.3, 0.4) is 0 Å². The van der Waals surface area contributed by atoms with Gasteiger partial charge in [0.05, 0.1) is 14.2 Å². The van der Waals surface area contributed by atoms with Gasteiger partial charge in [0.25, 0.3) is 0 Å². The van der Waals surface area contributed by atoms with E-state index in [9.17, 15) is 0 Å². The van der Waals surface area contributed by atoms with Gasteiger partial charge in [-0.1, -0.05) is 22.5 Å². The predicted octanol–water partition coefficient (Wildman–Crippen LogP) is 3.42. The van der Waals surface area contributed by atoms with E-state index in [1.807, 2.05) is 19.1 Å². The molecule has 0 bridgehead atoms. The molecule has 0 N–H and O–H groups in total. The van der Waals surface area contributed by atoms with Crippen LogP contribution in [0.2, 0.25) is 0 Å². The highest BCUT2D eigenvalue weighted by atomic mass is 79.9. The Morgan fingerprint density at radius 3 is 2.07 bits per heavy atom. The second kappa shape index (κ2) is 5.21. The van der Waals surface area contributed by atoms with E-state index >= 15 is 0 Å². The average Bonchev–Trinajstić information content (AvgIpc) is 2.28. The molecule has 0 atom stereocenters. The minimum Gasteiger partial charge on any atom is -0.496 e. The lowest BCUT2D eigenvalue weighted by atomic mass is 10.1. The van der Waals surface area contributed by atoms with Crippen LogP contribution in [-0.2, 0) is 0 Å². The van der Waals surface area contributed by atoms with Gasteiger partial charge in [0.1, 0.15) is 11.5 Å². The van der Waals surface area contributed by atoms with Crippen LogP contribution in [0.25, 0.3) is 5.57 Å². The molecule has 0 aliphatic rings. The highest BCUT2D eigenvalue weighted by Gasteiger charge is 2.09. The van der Waals surface area contributed by atoms with Gasteiger partial charge >= 0.3 is 0 Å². The minimum atomic E-state index is 0.738. The van der Waals surface area contributed by atoms with E-state index in [4.69, 9.17) is 9.47 Å². The highest BCUT2D eigenvalue weighted by molar-refractivity contribution is 9.09. The summed E-state index contributed by atoms with van der Waals surface area (Å²) in [6, 6.07) is 3.95. The fraction of sp³-hybridized carbons (Fsp3) is 0.333. The number of ether oxygens (including phenoxy) is 2. The molecule has 0 aliphatic carbocycles. The van der Waals surface area contributed by atoms with Crippen LogP contribution in [0, 0.1) is 6.92 Å². The Kier molecular flexibility index (Phi) is 4.21. The molecule has 0 fully saturated rings. The number of hydrogen-bond acceptors (Lipinski definition) is 2. The predicted molar refractivity (Wildman–Crippen MR) is 67.1 cm³/mol. The zero-order valence-electron chi connectivity index (χ0n) is 9.26. The van der Waals surface area contributed by atoms with Crippen molar-refractivity contribution in [1.82, 2.24) is 0 Å². The molecule has 0 saturated carbocycles. The van der Waals surface area contributed by atoms with Crippen LogP contribution < -0.4 is 9.47 Å². The normalized spacial score (nSPS) is 9.87. The van der Waals surface area contributed by atoms with Crippen molar-refractivity contribution in [3.8, 4) is 11.5 Å². The molecule has 82 valence electrons. The van der Waals surface area contributed by atoms with E-state index in [-0.39, 0.29) is 0 Å². The fourth-order valence-corrected chi connectivity index (χ4v) is 1.69. The molecular weight excluding hydrogens is 256 g/mol. The van der Waals surface area contributed by atoms with Crippen molar-refractivity contribution < 1.29 is 9.47 Å². The third kappa shape index (κ3) is 2.53. The molecule has 1 aromatic carbocycles. The minimum absolute atomic E-state index is 0.738. The van der Waals surface area contributed by atoms with Crippen molar-refractivity contribution in [1.29, 1.82) is 0 Å². The van der Waals surface area contributed by atoms with Gasteiger partial charge in [-0.2, -0.15) is 0 Å². The second-order valence-electron chi connectivity index (χ2n) is 3.24. The first-order valence-electron chi connectivity index (χ1n) is 4.60. The van der Waals surface area contributed by atoms with Gasteiger partial charge in [0.2, 0.25) is 0 Å². The SMILES string of the molecule is C=C(CBr)c1cc(OC)c(C)c(OC)c1. The average molecular weight is 271 g/mol. The van der Waals surface area contributed by atoms with Crippen LogP contribution in [0.5, 0.6) is 11.5 Å². The van der Waals surface area contributed by atoms with Crippen molar-refractivity contribution in [3.63, 3.8) is 0 Å². The Labute approximate surface area is 99.0 Å². The number of halogens is 1. The van der Waals surface area contributed by atoms with Gasteiger partial charge < -0.3 is 9.47 Å². The van der Waals surface area contributed by atoms with Gasteiger partial charge in [-0.15, -0.1) is 0 Å². The topological polar surface area (TPSA) is 18.5 Å². The molecule has 1 rings (SSSR count). The third-order valence-corrected chi connectivity index (χ3v) is 3.00. The smallest absolute Gasteiger partial charge is 0.126 e. The van der Waals surface area contributed by atoms with E-state index in [0.29, 0.717) is 0 Å². The number of benzene rings is 1. The van der Waals surface area contributed by atoms with Gasteiger partial charge in [-0.25, -0.2) is 0 Å². The summed E-state index contributed by atoms with van der Waals surface area (Å²) in [7, 11) is 3.31. The van der Waals surface area contributed by atoms with Gasteiger partial charge in [-0.3, -0.25) is 0 Å². The molecule has 0 radical (unpaired) electrons. The van der Waals surface area contributed by atoms with Crippen molar-refractivity contribution >= 4 is 21.5 Å². The van der Waals surface area contributed by atoms with E-state index < -0.39 is 0 Å². The molecule has 0 unspecified atom stereocenters. The zero-order chi connectivity index (χ0) is 11.4. The zero-order valence-corrected chi connectivity index (χ0v) is 10.8. The largest absolute Gasteiger partial charge is 0.496 e. The standard InChI is InChI=1S/C12H15BrO2/c1-8(7-13)10-5-11(14-3)9(2)12(6-10)15-4/h5-6H,1,7H2,2-4H3. The summed E-state index contributed by atoms with van der Waals surface area (Å²) in [4.78, 5) is 0. The van der Waals surface area contributed by atoms with Gasteiger partial charge in [-0.05, 0) is 30.2 Å². The summed E-state index contributed by atoms with van der Waals surface area (Å²) in [5.41, 5.74) is 3.05. The molecule has 0 aromatic heterocycles. The van der Waals surface area contributed by atoms with Crippen LogP contribution in [0.4, 0.5) is 0 Å². The van der Waals surface area contributed by atoms with Crippen LogP contribution in [-0.4, -0.2) is 19.5 Å². The lowest BCUT2D eigenvalue weighted by Crippen LogP contribution is -1.95. The first-order valence-corrected chi connectivity index (χ1v) is 5.73. The highest BCUT2D eigenvalue weighted by Crippen LogP contribution is 2.32. The van der Waals surface area contributed by atoms with Gasteiger partial charge in [0.15, 0.2) is 0 Å². The van der Waals surface area contributed by atoms with Crippen LogP contribution in [0.15, 0.2) is 18.7 Å². The molecule has 3 heteroatoms. The monoisotopic (exact) mass is 270 g/mol. The molecule has 1 aromatic rings. The first kappa shape index (κ1) is 12.1. The summed E-state index contributed by atoms with van der Waals surface area (Å²) in [5, 5.41) is 0.738. The van der Waals surface area contributed by atoms with Crippen molar-refractivity contribution in [2.75, 3.05) is 19.5 Å². The number of rotatable bonds is 4. The quantitative estimate of drug-likeness (QED) is 0.781. The van der Waals surface area contributed by atoms with Crippen LogP contribution in [0.1, 0.15) is 11.1 Å². The second-order valence-corrected chi connectivity index (χ2v) is 3.80. The maximum atomic E-state index is 5.29. The molecule has 15 heavy (non-hydrogen) atoms. The molecule has 0 saturated heterocycles. The Morgan fingerprint density at radius 1 is 1.27 bits per heavy atom. The van der Waals surface area contributed by atoms with Crippen molar-refractivity contribution in [2.24, 2.45) is 0 Å². The van der Waals surface area contributed by atoms with Crippen molar-refractivity contribution in [2.45, 2.75) is 6.92 Å². The Balaban J connectivity index is 3.26. The summed E-state index contributed by atoms with van der Waals surface area (Å²) in [6.45, 7) is 5.94. The number of hydrogen-bond donors (Lipinski definition) is 0. The van der Waals surface area contributed by atoms with E-state index in [1.54, 1.807) is 14.2 Å². The molecule has 0 spiro atoms. The number of methoxy groups -OCH3 is 2. The Morgan fingerprint density at radius 2 is 1.73 bits per heavy atom.